The third kappa shape index (κ3) is 4.53. The quantitative estimate of drug-likeness (QED) is 0.837. The van der Waals surface area contributed by atoms with E-state index in [1.54, 1.807) is 31.2 Å². The van der Waals surface area contributed by atoms with E-state index in [1.807, 2.05) is 0 Å². The molecule has 0 saturated carbocycles. The predicted octanol–water partition coefficient (Wildman–Crippen LogP) is 4.09. The number of anilines is 1. The van der Waals surface area contributed by atoms with E-state index in [1.165, 1.54) is 19.1 Å². The summed E-state index contributed by atoms with van der Waals surface area (Å²) in [4.78, 5) is 23.3. The Morgan fingerprint density at radius 1 is 1.17 bits per heavy atom. The second-order valence-corrected chi connectivity index (χ2v) is 5.36. The highest BCUT2D eigenvalue weighted by atomic mass is 35.5. The second kappa shape index (κ2) is 7.24. The van der Waals surface area contributed by atoms with Crippen molar-refractivity contribution < 1.29 is 18.7 Å². The molecule has 2 rings (SSSR count). The fourth-order valence-corrected chi connectivity index (χ4v) is 2.06. The summed E-state index contributed by atoms with van der Waals surface area (Å²) in [6, 6.07) is 10.2. The number of ketones is 1. The monoisotopic (exact) mass is 335 g/mol. The molecule has 0 bridgehead atoms. The Morgan fingerprint density at radius 3 is 2.39 bits per heavy atom. The fraction of sp³-hybridized carbons (Fsp3) is 0.176. The number of Topliss-reactive ketones (excluding diaryl/α,β-unsaturated/α-hetero) is 1. The van der Waals surface area contributed by atoms with E-state index in [-0.39, 0.29) is 22.5 Å². The summed E-state index contributed by atoms with van der Waals surface area (Å²) in [5, 5.41) is 2.76. The number of benzene rings is 2. The highest BCUT2D eigenvalue weighted by Crippen LogP contribution is 2.26. The van der Waals surface area contributed by atoms with Gasteiger partial charge in [-0.15, -0.1) is 0 Å². The minimum atomic E-state index is -0.828. The van der Waals surface area contributed by atoms with Crippen molar-refractivity contribution in [2.24, 2.45) is 0 Å². The van der Waals surface area contributed by atoms with Crippen molar-refractivity contribution in [1.82, 2.24) is 0 Å². The molecule has 0 aromatic heterocycles. The van der Waals surface area contributed by atoms with Crippen LogP contribution in [0.1, 0.15) is 24.2 Å². The maximum Gasteiger partial charge on any atom is 0.265 e. The van der Waals surface area contributed by atoms with Gasteiger partial charge in [-0.25, -0.2) is 4.39 Å². The molecule has 2 aromatic carbocycles. The highest BCUT2D eigenvalue weighted by Gasteiger charge is 2.16. The lowest BCUT2D eigenvalue weighted by atomic mass is 10.1. The van der Waals surface area contributed by atoms with E-state index in [0.717, 1.165) is 6.07 Å². The van der Waals surface area contributed by atoms with Gasteiger partial charge in [-0.3, -0.25) is 9.59 Å². The Balaban J connectivity index is 2.00. The SMILES string of the molecule is CC(=O)c1ccc(NC(=O)C(C)Oc2ccc(F)cc2Cl)cc1. The molecule has 0 aliphatic heterocycles. The van der Waals surface area contributed by atoms with Gasteiger partial charge in [-0.05, 0) is 56.3 Å². The van der Waals surface area contributed by atoms with Crippen LogP contribution in [-0.4, -0.2) is 17.8 Å². The van der Waals surface area contributed by atoms with Gasteiger partial charge in [-0.1, -0.05) is 11.6 Å². The number of hydrogen-bond acceptors (Lipinski definition) is 3. The van der Waals surface area contributed by atoms with Gasteiger partial charge >= 0.3 is 0 Å². The van der Waals surface area contributed by atoms with E-state index < -0.39 is 11.9 Å². The van der Waals surface area contributed by atoms with Gasteiger partial charge in [0, 0.05) is 11.3 Å². The smallest absolute Gasteiger partial charge is 0.265 e. The topological polar surface area (TPSA) is 55.4 Å². The number of rotatable bonds is 5. The molecule has 0 spiro atoms. The van der Waals surface area contributed by atoms with Crippen molar-refractivity contribution in [3.05, 3.63) is 58.9 Å². The van der Waals surface area contributed by atoms with Crippen LogP contribution in [0, 0.1) is 5.82 Å². The molecule has 1 atom stereocenters. The van der Waals surface area contributed by atoms with Crippen molar-refractivity contribution in [3.63, 3.8) is 0 Å². The third-order valence-electron chi connectivity index (χ3n) is 3.13. The Labute approximate surface area is 138 Å². The Kier molecular flexibility index (Phi) is 5.34. The van der Waals surface area contributed by atoms with Gasteiger partial charge in [-0.2, -0.15) is 0 Å². The predicted molar refractivity (Wildman–Crippen MR) is 86.6 cm³/mol. The average Bonchev–Trinajstić information content (AvgIpc) is 2.50. The summed E-state index contributed by atoms with van der Waals surface area (Å²) in [5.41, 5.74) is 1.10. The first-order chi connectivity index (χ1) is 10.9. The lowest BCUT2D eigenvalue weighted by molar-refractivity contribution is -0.122. The molecule has 0 saturated heterocycles. The summed E-state index contributed by atoms with van der Waals surface area (Å²) in [7, 11) is 0. The minimum Gasteiger partial charge on any atom is -0.479 e. The normalized spacial score (nSPS) is 11.7. The molecular formula is C17H15ClFNO3. The fourth-order valence-electron chi connectivity index (χ4n) is 1.85. The Bertz CT molecular complexity index is 731. The molecule has 2 aromatic rings. The van der Waals surface area contributed by atoms with Crippen LogP contribution in [0.3, 0.4) is 0 Å². The first-order valence-corrected chi connectivity index (χ1v) is 7.28. The van der Waals surface area contributed by atoms with Gasteiger partial charge < -0.3 is 10.1 Å². The average molecular weight is 336 g/mol. The second-order valence-electron chi connectivity index (χ2n) is 4.96. The van der Waals surface area contributed by atoms with Crippen LogP contribution in [-0.2, 0) is 4.79 Å². The zero-order valence-electron chi connectivity index (χ0n) is 12.6. The molecule has 0 fully saturated rings. The van der Waals surface area contributed by atoms with E-state index in [4.69, 9.17) is 16.3 Å². The molecule has 1 unspecified atom stereocenters. The van der Waals surface area contributed by atoms with Gasteiger partial charge in [0.15, 0.2) is 11.9 Å². The molecule has 120 valence electrons. The largest absolute Gasteiger partial charge is 0.479 e. The van der Waals surface area contributed by atoms with Crippen molar-refractivity contribution >= 4 is 29.0 Å². The molecule has 6 heteroatoms. The first kappa shape index (κ1) is 17.0. The summed E-state index contributed by atoms with van der Waals surface area (Å²) in [5.74, 6) is -0.695. The minimum absolute atomic E-state index is 0.0504. The lowest BCUT2D eigenvalue weighted by Crippen LogP contribution is -2.30. The van der Waals surface area contributed by atoms with Crippen LogP contribution >= 0.6 is 11.6 Å². The number of ether oxygens (including phenoxy) is 1. The summed E-state index contributed by atoms with van der Waals surface area (Å²) < 4.78 is 18.4. The van der Waals surface area contributed by atoms with Crippen molar-refractivity contribution in [3.8, 4) is 5.75 Å². The van der Waals surface area contributed by atoms with Gasteiger partial charge in [0.2, 0.25) is 0 Å². The Morgan fingerprint density at radius 2 is 1.83 bits per heavy atom. The van der Waals surface area contributed by atoms with E-state index in [0.29, 0.717) is 11.3 Å². The van der Waals surface area contributed by atoms with E-state index in [9.17, 15) is 14.0 Å². The molecule has 0 aliphatic rings. The lowest BCUT2D eigenvalue weighted by Gasteiger charge is -2.15. The molecular weight excluding hydrogens is 321 g/mol. The number of carbonyl (C=O) groups excluding carboxylic acids is 2. The number of amides is 1. The zero-order valence-corrected chi connectivity index (χ0v) is 13.4. The standard InChI is InChI=1S/C17H15ClFNO3/c1-10(21)12-3-6-14(7-4-12)20-17(22)11(2)23-16-8-5-13(19)9-15(16)18/h3-9,11H,1-2H3,(H,20,22). The van der Waals surface area contributed by atoms with Crippen molar-refractivity contribution in [1.29, 1.82) is 0 Å². The highest BCUT2D eigenvalue weighted by molar-refractivity contribution is 6.32. The summed E-state index contributed by atoms with van der Waals surface area (Å²) in [6.07, 6.45) is -0.828. The number of hydrogen-bond donors (Lipinski definition) is 1. The molecule has 1 N–H and O–H groups in total. The van der Waals surface area contributed by atoms with Crippen molar-refractivity contribution in [2.75, 3.05) is 5.32 Å². The van der Waals surface area contributed by atoms with E-state index >= 15 is 0 Å². The molecule has 0 aliphatic carbocycles. The zero-order chi connectivity index (χ0) is 17.0. The van der Waals surface area contributed by atoms with Gasteiger partial charge in [0.05, 0.1) is 5.02 Å². The molecule has 0 heterocycles. The first-order valence-electron chi connectivity index (χ1n) is 6.90. The van der Waals surface area contributed by atoms with Gasteiger partial charge in [0.25, 0.3) is 5.91 Å². The van der Waals surface area contributed by atoms with Crippen LogP contribution in [0.4, 0.5) is 10.1 Å². The van der Waals surface area contributed by atoms with Gasteiger partial charge in [0.1, 0.15) is 11.6 Å². The number of nitrogens with one attached hydrogen (secondary N) is 1. The van der Waals surface area contributed by atoms with Crippen LogP contribution in [0.2, 0.25) is 5.02 Å². The maximum absolute atomic E-state index is 13.0. The van der Waals surface area contributed by atoms with Crippen LogP contribution < -0.4 is 10.1 Å². The number of carbonyl (C=O) groups is 2. The van der Waals surface area contributed by atoms with Crippen LogP contribution in [0.5, 0.6) is 5.75 Å². The molecule has 1 amide bonds. The number of halogens is 2. The van der Waals surface area contributed by atoms with Crippen molar-refractivity contribution in [2.45, 2.75) is 20.0 Å². The molecule has 0 radical (unpaired) electrons. The Hall–Kier alpha value is -2.40. The van der Waals surface area contributed by atoms with Crippen LogP contribution in [0.25, 0.3) is 0 Å². The molecule has 23 heavy (non-hydrogen) atoms. The maximum atomic E-state index is 13.0. The molecule has 4 nitrogen and oxygen atoms in total. The van der Waals surface area contributed by atoms with Crippen LogP contribution in [0.15, 0.2) is 42.5 Å². The van der Waals surface area contributed by atoms with E-state index in [2.05, 4.69) is 5.32 Å². The summed E-state index contributed by atoms with van der Waals surface area (Å²) in [6.45, 7) is 3.02. The third-order valence-corrected chi connectivity index (χ3v) is 3.42. The summed E-state index contributed by atoms with van der Waals surface area (Å²) >= 11 is 5.86.